The number of rotatable bonds is 3. The van der Waals surface area contributed by atoms with Gasteiger partial charge in [0.2, 0.25) is 0 Å². The lowest BCUT2D eigenvalue weighted by Crippen LogP contribution is -1.87. The minimum absolute atomic E-state index is 0.766. The van der Waals surface area contributed by atoms with E-state index < -0.39 is 0 Å². The van der Waals surface area contributed by atoms with Gasteiger partial charge in [0.1, 0.15) is 0 Å². The van der Waals surface area contributed by atoms with Crippen molar-refractivity contribution in [2.45, 2.75) is 6.42 Å². The highest BCUT2D eigenvalue weighted by molar-refractivity contribution is 5.54. The van der Waals surface area contributed by atoms with E-state index in [4.69, 9.17) is 0 Å². The van der Waals surface area contributed by atoms with Crippen molar-refractivity contribution < 1.29 is 0 Å². The van der Waals surface area contributed by atoms with Crippen LogP contribution >= 0.6 is 0 Å². The van der Waals surface area contributed by atoms with Gasteiger partial charge in [-0.15, -0.1) is 6.58 Å². The van der Waals surface area contributed by atoms with Gasteiger partial charge in [0.25, 0.3) is 0 Å². The Hall–Kier alpha value is -1.96. The first-order valence-electron chi connectivity index (χ1n) is 4.87. The van der Waals surface area contributed by atoms with Crippen molar-refractivity contribution in [3.05, 3.63) is 60.9 Å². The van der Waals surface area contributed by atoms with Gasteiger partial charge in [-0.3, -0.25) is 0 Å². The third-order valence-corrected chi connectivity index (χ3v) is 2.16. The van der Waals surface area contributed by atoms with E-state index in [2.05, 4.69) is 28.7 Å². The third-order valence-electron chi connectivity index (χ3n) is 2.16. The molecule has 0 unspecified atom stereocenters. The first kappa shape index (κ1) is 9.59. The topological polar surface area (TPSA) is 25.8 Å². The Balaban J connectivity index is 2.28. The zero-order chi connectivity index (χ0) is 10.5. The van der Waals surface area contributed by atoms with E-state index >= 15 is 0 Å². The molecule has 0 radical (unpaired) electrons. The van der Waals surface area contributed by atoms with Crippen molar-refractivity contribution in [3.8, 4) is 11.4 Å². The normalized spacial score (nSPS) is 9.87. The van der Waals surface area contributed by atoms with Crippen LogP contribution in [0.15, 0.2) is 55.4 Å². The number of nitrogens with zero attached hydrogens (tertiary/aromatic N) is 2. The fourth-order valence-electron chi connectivity index (χ4n) is 1.40. The lowest BCUT2D eigenvalue weighted by molar-refractivity contribution is 1.17. The van der Waals surface area contributed by atoms with Crippen molar-refractivity contribution in [3.63, 3.8) is 0 Å². The molecule has 1 heterocycles. The van der Waals surface area contributed by atoms with Gasteiger partial charge in [-0.05, 0) is 18.1 Å². The van der Waals surface area contributed by atoms with Crippen molar-refractivity contribution in [1.82, 2.24) is 9.97 Å². The molecule has 1 aromatic heterocycles. The molecular formula is C13H12N2. The van der Waals surface area contributed by atoms with Crippen molar-refractivity contribution in [2.24, 2.45) is 0 Å². The van der Waals surface area contributed by atoms with Crippen molar-refractivity contribution in [2.75, 3.05) is 0 Å². The third kappa shape index (κ3) is 2.29. The minimum Gasteiger partial charge on any atom is -0.237 e. The fraction of sp³-hybridized carbons (Fsp3) is 0.0769. The van der Waals surface area contributed by atoms with Crippen molar-refractivity contribution in [1.29, 1.82) is 0 Å². The Morgan fingerprint density at radius 3 is 2.33 bits per heavy atom. The van der Waals surface area contributed by atoms with Crippen LogP contribution in [0.5, 0.6) is 0 Å². The van der Waals surface area contributed by atoms with Crippen molar-refractivity contribution >= 4 is 0 Å². The highest BCUT2D eigenvalue weighted by atomic mass is 14.8. The summed E-state index contributed by atoms with van der Waals surface area (Å²) in [6.07, 6.45) is 6.30. The first-order valence-corrected chi connectivity index (χ1v) is 4.87. The fourth-order valence-corrected chi connectivity index (χ4v) is 1.40. The lowest BCUT2D eigenvalue weighted by Gasteiger charge is -2.00. The van der Waals surface area contributed by atoms with E-state index in [9.17, 15) is 0 Å². The van der Waals surface area contributed by atoms with Crippen LogP contribution in [0.1, 0.15) is 5.56 Å². The number of benzene rings is 1. The molecule has 0 spiro atoms. The Bertz CT molecular complexity index is 432. The van der Waals surface area contributed by atoms with Crippen LogP contribution in [0.3, 0.4) is 0 Å². The van der Waals surface area contributed by atoms with Gasteiger partial charge in [-0.1, -0.05) is 30.3 Å². The maximum Gasteiger partial charge on any atom is 0.159 e. The van der Waals surface area contributed by atoms with E-state index in [0.29, 0.717) is 0 Å². The average Bonchev–Trinajstić information content (AvgIpc) is 2.32. The maximum absolute atomic E-state index is 4.19. The maximum atomic E-state index is 4.19. The van der Waals surface area contributed by atoms with Crippen LogP contribution in [0.4, 0.5) is 0 Å². The number of allylic oxidation sites excluding steroid dienone is 1. The molecule has 0 N–H and O–H groups in total. The molecule has 0 aliphatic carbocycles. The largest absolute Gasteiger partial charge is 0.237 e. The van der Waals surface area contributed by atoms with Crippen LogP contribution in [0.2, 0.25) is 0 Å². The predicted molar refractivity (Wildman–Crippen MR) is 61.4 cm³/mol. The number of hydrogen-bond donors (Lipinski definition) is 0. The second-order valence-electron chi connectivity index (χ2n) is 3.26. The average molecular weight is 196 g/mol. The summed E-state index contributed by atoms with van der Waals surface area (Å²) in [7, 11) is 0. The summed E-state index contributed by atoms with van der Waals surface area (Å²) < 4.78 is 0. The second kappa shape index (κ2) is 4.51. The van der Waals surface area contributed by atoms with E-state index in [1.54, 1.807) is 12.4 Å². The highest BCUT2D eigenvalue weighted by Gasteiger charge is 1.98. The van der Waals surface area contributed by atoms with E-state index in [1.807, 2.05) is 24.3 Å². The van der Waals surface area contributed by atoms with E-state index in [0.717, 1.165) is 17.8 Å². The number of hydrogen-bond acceptors (Lipinski definition) is 2. The quantitative estimate of drug-likeness (QED) is 0.705. The molecule has 0 saturated carbocycles. The van der Waals surface area contributed by atoms with Gasteiger partial charge < -0.3 is 0 Å². The Kier molecular flexibility index (Phi) is 2.88. The molecule has 2 nitrogen and oxygen atoms in total. The Morgan fingerprint density at radius 2 is 1.73 bits per heavy atom. The summed E-state index contributed by atoms with van der Waals surface area (Å²) in [5.41, 5.74) is 2.30. The Labute approximate surface area is 89.3 Å². The molecule has 1 aromatic carbocycles. The van der Waals surface area contributed by atoms with Gasteiger partial charge in [0.15, 0.2) is 5.82 Å². The summed E-state index contributed by atoms with van der Waals surface area (Å²) in [6.45, 7) is 3.71. The molecular weight excluding hydrogens is 184 g/mol. The summed E-state index contributed by atoms with van der Waals surface area (Å²) in [6, 6.07) is 10.0. The standard InChI is InChI=1S/C13H12N2/c1-2-4-11-5-7-12(8-6-11)13-14-9-3-10-15-13/h2-3,5-10H,1,4H2. The highest BCUT2D eigenvalue weighted by Crippen LogP contribution is 2.14. The van der Waals surface area contributed by atoms with Crippen LogP contribution in [0, 0.1) is 0 Å². The van der Waals surface area contributed by atoms with Gasteiger partial charge in [-0.25, -0.2) is 9.97 Å². The summed E-state index contributed by atoms with van der Waals surface area (Å²) >= 11 is 0. The van der Waals surface area contributed by atoms with Gasteiger partial charge in [-0.2, -0.15) is 0 Å². The molecule has 2 aromatic rings. The molecule has 0 aliphatic rings. The predicted octanol–water partition coefficient (Wildman–Crippen LogP) is 2.87. The molecule has 0 saturated heterocycles. The second-order valence-corrected chi connectivity index (χ2v) is 3.26. The lowest BCUT2D eigenvalue weighted by atomic mass is 10.1. The van der Waals surface area contributed by atoms with E-state index in [-0.39, 0.29) is 0 Å². The van der Waals surface area contributed by atoms with Gasteiger partial charge in [0, 0.05) is 18.0 Å². The molecule has 2 heteroatoms. The van der Waals surface area contributed by atoms with Crippen LogP contribution in [0.25, 0.3) is 11.4 Å². The summed E-state index contributed by atoms with van der Waals surface area (Å²) in [5.74, 6) is 0.766. The monoisotopic (exact) mass is 196 g/mol. The minimum atomic E-state index is 0.766. The molecule has 0 aliphatic heterocycles. The van der Waals surface area contributed by atoms with Crippen LogP contribution in [-0.2, 0) is 6.42 Å². The molecule has 0 amide bonds. The zero-order valence-corrected chi connectivity index (χ0v) is 8.43. The van der Waals surface area contributed by atoms with E-state index in [1.165, 1.54) is 5.56 Å². The SMILES string of the molecule is C=CCc1ccc(-c2ncccn2)cc1. The molecule has 2 rings (SSSR count). The number of aromatic nitrogens is 2. The van der Waals surface area contributed by atoms with Crippen LogP contribution < -0.4 is 0 Å². The smallest absolute Gasteiger partial charge is 0.159 e. The Morgan fingerprint density at radius 1 is 1.07 bits per heavy atom. The summed E-state index contributed by atoms with van der Waals surface area (Å²) in [4.78, 5) is 8.39. The zero-order valence-electron chi connectivity index (χ0n) is 8.43. The van der Waals surface area contributed by atoms with Crippen LogP contribution in [-0.4, -0.2) is 9.97 Å². The molecule has 15 heavy (non-hydrogen) atoms. The van der Waals surface area contributed by atoms with Gasteiger partial charge in [0.05, 0.1) is 0 Å². The molecule has 0 bridgehead atoms. The molecule has 0 atom stereocenters. The summed E-state index contributed by atoms with van der Waals surface area (Å²) in [5, 5.41) is 0. The van der Waals surface area contributed by atoms with Gasteiger partial charge >= 0.3 is 0 Å². The molecule has 74 valence electrons. The molecule has 0 fully saturated rings. The first-order chi connectivity index (χ1) is 7.40.